The van der Waals surface area contributed by atoms with Crippen molar-refractivity contribution in [2.24, 2.45) is 0 Å². The Bertz CT molecular complexity index is 415. The van der Waals surface area contributed by atoms with E-state index in [-0.39, 0.29) is 18.0 Å². The molecule has 8 nitrogen and oxygen atoms in total. The molecule has 0 spiro atoms. The van der Waals surface area contributed by atoms with Crippen molar-refractivity contribution >= 4 is 11.7 Å². The van der Waals surface area contributed by atoms with Gasteiger partial charge in [-0.15, -0.1) is 0 Å². The Hall–Kier alpha value is -1.96. The van der Waals surface area contributed by atoms with Crippen molar-refractivity contribution in [3.63, 3.8) is 0 Å². The zero-order valence-corrected chi connectivity index (χ0v) is 9.33. The van der Waals surface area contributed by atoms with Gasteiger partial charge in [0, 0.05) is 13.2 Å². The number of aromatic nitrogens is 2. The number of nitrogens with zero attached hydrogens (tertiary/aromatic N) is 3. The molecule has 0 unspecified atom stereocenters. The third-order valence-electron chi connectivity index (χ3n) is 2.11. The largest absolute Gasteiger partial charge is 0.464 e. The molecule has 0 bridgehead atoms. The second-order valence-corrected chi connectivity index (χ2v) is 3.31. The number of carbonyl (C=O) groups is 1. The topological polar surface area (TPSA) is 107 Å². The molecule has 1 rings (SSSR count). The lowest BCUT2D eigenvalue weighted by Gasteiger charge is -1.98. The van der Waals surface area contributed by atoms with E-state index in [1.165, 1.54) is 10.9 Å². The lowest BCUT2D eigenvalue weighted by atomic mass is 10.3. The lowest BCUT2D eigenvalue weighted by Crippen LogP contribution is -2.07. The number of aliphatic hydroxyl groups is 1. The van der Waals surface area contributed by atoms with Crippen molar-refractivity contribution in [1.82, 2.24) is 9.78 Å². The highest BCUT2D eigenvalue weighted by atomic mass is 16.6. The standard InChI is InChI=1S/C9H13N3O5/c1-17-9(14)8-7(12(15)16)6-11(10-8)4-2-3-5-13/h6,13H,2-5H2,1H3. The van der Waals surface area contributed by atoms with Crippen LogP contribution in [0.15, 0.2) is 6.20 Å². The van der Waals surface area contributed by atoms with Gasteiger partial charge in [0.25, 0.3) is 0 Å². The second kappa shape index (κ2) is 5.94. The van der Waals surface area contributed by atoms with Crippen LogP contribution < -0.4 is 0 Å². The van der Waals surface area contributed by atoms with E-state index in [1.54, 1.807) is 0 Å². The minimum atomic E-state index is -0.836. The van der Waals surface area contributed by atoms with Crippen molar-refractivity contribution in [2.45, 2.75) is 19.4 Å². The number of rotatable bonds is 6. The molecule has 0 saturated heterocycles. The first-order valence-corrected chi connectivity index (χ1v) is 5.01. The molecule has 1 N–H and O–H groups in total. The molecular formula is C9H13N3O5. The molecular weight excluding hydrogens is 230 g/mol. The molecule has 1 heterocycles. The van der Waals surface area contributed by atoms with Crippen LogP contribution in [0.5, 0.6) is 0 Å². The number of esters is 1. The van der Waals surface area contributed by atoms with E-state index in [9.17, 15) is 14.9 Å². The fourth-order valence-corrected chi connectivity index (χ4v) is 1.29. The van der Waals surface area contributed by atoms with Gasteiger partial charge in [-0.1, -0.05) is 0 Å². The van der Waals surface area contributed by atoms with Gasteiger partial charge in [-0.05, 0) is 12.8 Å². The number of nitro groups is 1. The Labute approximate surface area is 97.0 Å². The van der Waals surface area contributed by atoms with Crippen LogP contribution in [0.4, 0.5) is 5.69 Å². The molecule has 0 aliphatic rings. The van der Waals surface area contributed by atoms with Crippen LogP contribution >= 0.6 is 0 Å². The van der Waals surface area contributed by atoms with Gasteiger partial charge < -0.3 is 9.84 Å². The van der Waals surface area contributed by atoms with Gasteiger partial charge in [-0.2, -0.15) is 5.10 Å². The van der Waals surface area contributed by atoms with E-state index < -0.39 is 10.9 Å². The van der Waals surface area contributed by atoms with Crippen LogP contribution in [-0.2, 0) is 11.3 Å². The quantitative estimate of drug-likeness (QED) is 0.334. The molecule has 0 aromatic carbocycles. The maximum absolute atomic E-state index is 11.2. The predicted octanol–water partition coefficient (Wildman–Crippen LogP) is 0.350. The Morgan fingerprint density at radius 1 is 1.65 bits per heavy atom. The molecule has 8 heteroatoms. The average molecular weight is 243 g/mol. The van der Waals surface area contributed by atoms with Crippen LogP contribution in [0.3, 0.4) is 0 Å². The Kier molecular flexibility index (Phi) is 4.58. The smallest absolute Gasteiger partial charge is 0.365 e. The minimum absolute atomic E-state index is 0.0488. The normalized spacial score (nSPS) is 10.2. The first kappa shape index (κ1) is 13.1. The molecule has 0 radical (unpaired) electrons. The Morgan fingerprint density at radius 3 is 2.88 bits per heavy atom. The van der Waals surface area contributed by atoms with Crippen LogP contribution in [-0.4, -0.2) is 39.5 Å². The van der Waals surface area contributed by atoms with Gasteiger partial charge in [0.2, 0.25) is 5.69 Å². The molecule has 0 atom stereocenters. The highest BCUT2D eigenvalue weighted by Gasteiger charge is 2.26. The van der Waals surface area contributed by atoms with Crippen molar-refractivity contribution < 1.29 is 19.6 Å². The molecule has 94 valence electrons. The van der Waals surface area contributed by atoms with Gasteiger partial charge >= 0.3 is 11.7 Å². The monoisotopic (exact) mass is 243 g/mol. The third-order valence-corrected chi connectivity index (χ3v) is 2.11. The number of aryl methyl sites for hydroxylation is 1. The molecule has 0 aliphatic carbocycles. The molecule has 1 aromatic rings. The average Bonchev–Trinajstić information content (AvgIpc) is 2.73. The summed E-state index contributed by atoms with van der Waals surface area (Å²) in [7, 11) is 1.14. The van der Waals surface area contributed by atoms with Crippen LogP contribution in [0.2, 0.25) is 0 Å². The maximum Gasteiger partial charge on any atom is 0.365 e. The molecule has 1 aromatic heterocycles. The first-order chi connectivity index (χ1) is 8.10. The van der Waals surface area contributed by atoms with Gasteiger partial charge in [0.1, 0.15) is 6.20 Å². The summed E-state index contributed by atoms with van der Waals surface area (Å²) in [5.74, 6) is -0.836. The highest BCUT2D eigenvalue weighted by molar-refractivity contribution is 5.91. The number of hydrogen-bond donors (Lipinski definition) is 1. The van der Waals surface area contributed by atoms with Gasteiger partial charge in [-0.3, -0.25) is 14.8 Å². The summed E-state index contributed by atoms with van der Waals surface area (Å²) in [6.07, 6.45) is 2.38. The Morgan fingerprint density at radius 2 is 2.35 bits per heavy atom. The summed E-state index contributed by atoms with van der Waals surface area (Å²) in [6.45, 7) is 0.450. The summed E-state index contributed by atoms with van der Waals surface area (Å²) in [6, 6.07) is 0. The molecule has 0 amide bonds. The van der Waals surface area contributed by atoms with E-state index in [1.807, 2.05) is 0 Å². The van der Waals surface area contributed by atoms with E-state index in [0.717, 1.165) is 7.11 Å². The van der Waals surface area contributed by atoms with Crippen LogP contribution in [0.1, 0.15) is 23.3 Å². The SMILES string of the molecule is COC(=O)c1nn(CCCCO)cc1[N+](=O)[O-]. The first-order valence-electron chi connectivity index (χ1n) is 5.01. The van der Waals surface area contributed by atoms with E-state index in [4.69, 9.17) is 5.11 Å². The van der Waals surface area contributed by atoms with Crippen LogP contribution in [0, 0.1) is 10.1 Å². The summed E-state index contributed by atoms with van der Waals surface area (Å²) in [5, 5.41) is 23.1. The van der Waals surface area contributed by atoms with E-state index >= 15 is 0 Å². The molecule has 0 saturated carbocycles. The Balaban J connectivity index is 2.88. The van der Waals surface area contributed by atoms with Gasteiger partial charge in [0.15, 0.2) is 0 Å². The number of methoxy groups -OCH3 is 1. The fourth-order valence-electron chi connectivity index (χ4n) is 1.29. The van der Waals surface area contributed by atoms with Gasteiger partial charge in [0.05, 0.1) is 12.0 Å². The van der Waals surface area contributed by atoms with Crippen molar-refractivity contribution in [2.75, 3.05) is 13.7 Å². The van der Waals surface area contributed by atoms with Crippen LogP contribution in [0.25, 0.3) is 0 Å². The van der Waals surface area contributed by atoms with Gasteiger partial charge in [-0.25, -0.2) is 4.79 Å². The molecule has 0 aliphatic heterocycles. The zero-order chi connectivity index (χ0) is 12.8. The minimum Gasteiger partial charge on any atom is -0.464 e. The van der Waals surface area contributed by atoms with E-state index in [2.05, 4.69) is 9.84 Å². The van der Waals surface area contributed by atoms with Crippen molar-refractivity contribution in [3.8, 4) is 0 Å². The summed E-state index contributed by atoms with van der Waals surface area (Å²) in [4.78, 5) is 21.3. The second-order valence-electron chi connectivity index (χ2n) is 3.31. The number of aliphatic hydroxyl groups excluding tert-OH is 1. The summed E-state index contributed by atoms with van der Waals surface area (Å²) < 4.78 is 5.71. The zero-order valence-electron chi connectivity index (χ0n) is 9.33. The van der Waals surface area contributed by atoms with Crippen molar-refractivity contribution in [1.29, 1.82) is 0 Å². The fraction of sp³-hybridized carbons (Fsp3) is 0.556. The number of ether oxygens (including phenoxy) is 1. The van der Waals surface area contributed by atoms with Crippen molar-refractivity contribution in [3.05, 3.63) is 22.0 Å². The number of carbonyl (C=O) groups excluding carboxylic acids is 1. The molecule has 0 fully saturated rings. The molecule has 17 heavy (non-hydrogen) atoms. The summed E-state index contributed by atoms with van der Waals surface area (Å²) in [5.41, 5.74) is -0.678. The number of unbranched alkanes of at least 4 members (excludes halogenated alkanes) is 1. The predicted molar refractivity (Wildman–Crippen MR) is 56.5 cm³/mol. The number of hydrogen-bond acceptors (Lipinski definition) is 6. The maximum atomic E-state index is 11.2. The highest BCUT2D eigenvalue weighted by Crippen LogP contribution is 2.17. The van der Waals surface area contributed by atoms with E-state index in [0.29, 0.717) is 19.4 Å². The third kappa shape index (κ3) is 3.25. The lowest BCUT2D eigenvalue weighted by molar-refractivity contribution is -0.385. The summed E-state index contributed by atoms with van der Waals surface area (Å²) >= 11 is 0.